The van der Waals surface area contributed by atoms with Crippen molar-refractivity contribution in [1.82, 2.24) is 16.0 Å². The maximum absolute atomic E-state index is 12.5. The third-order valence-corrected chi connectivity index (χ3v) is 4.01. The molecule has 1 aromatic carbocycles. The van der Waals surface area contributed by atoms with Gasteiger partial charge in [-0.1, -0.05) is 24.3 Å². The summed E-state index contributed by atoms with van der Waals surface area (Å²) in [5, 5.41) is 8.79. The third kappa shape index (κ3) is 3.61. The van der Waals surface area contributed by atoms with Gasteiger partial charge in [0.2, 0.25) is 12.3 Å². The van der Waals surface area contributed by atoms with Gasteiger partial charge in [0.05, 0.1) is 0 Å². The van der Waals surface area contributed by atoms with Gasteiger partial charge < -0.3 is 16.0 Å². The van der Waals surface area contributed by atoms with Gasteiger partial charge in [0, 0.05) is 19.4 Å². The van der Waals surface area contributed by atoms with Gasteiger partial charge in [0.25, 0.3) is 0 Å². The van der Waals surface area contributed by atoms with Crippen molar-refractivity contribution in [1.29, 1.82) is 0 Å². The summed E-state index contributed by atoms with van der Waals surface area (Å²) >= 11 is 0. The van der Waals surface area contributed by atoms with Crippen molar-refractivity contribution < 1.29 is 9.59 Å². The van der Waals surface area contributed by atoms with E-state index in [0.29, 0.717) is 25.8 Å². The summed E-state index contributed by atoms with van der Waals surface area (Å²) in [4.78, 5) is 23.4. The van der Waals surface area contributed by atoms with E-state index >= 15 is 0 Å². The zero-order valence-electron chi connectivity index (χ0n) is 12.4. The highest BCUT2D eigenvalue weighted by molar-refractivity contribution is 5.90. The highest BCUT2D eigenvalue weighted by Crippen LogP contribution is 2.30. The molecular weight excluding hydrogens is 266 g/mol. The van der Waals surface area contributed by atoms with E-state index in [1.165, 1.54) is 0 Å². The Hall–Kier alpha value is -1.88. The summed E-state index contributed by atoms with van der Waals surface area (Å²) in [6, 6.07) is 7.96. The summed E-state index contributed by atoms with van der Waals surface area (Å²) < 4.78 is 0. The molecule has 2 rings (SSSR count). The summed E-state index contributed by atoms with van der Waals surface area (Å²) in [7, 11) is 1.91. The van der Waals surface area contributed by atoms with Gasteiger partial charge in [-0.3, -0.25) is 9.59 Å². The molecule has 0 atom stereocenters. The minimum absolute atomic E-state index is 0.0877. The van der Waals surface area contributed by atoms with Crippen LogP contribution in [0.5, 0.6) is 0 Å². The largest absolute Gasteiger partial charge is 0.354 e. The van der Waals surface area contributed by atoms with E-state index in [1.807, 2.05) is 31.3 Å². The summed E-state index contributed by atoms with van der Waals surface area (Å²) in [5.41, 5.74) is 1.45. The van der Waals surface area contributed by atoms with Crippen LogP contribution in [0.2, 0.25) is 0 Å². The number of fused-ring (bicyclic) bond motifs is 1. The fraction of sp³-hybridized carbons (Fsp3) is 0.500. The molecule has 114 valence electrons. The van der Waals surface area contributed by atoms with Gasteiger partial charge in [0.15, 0.2) is 0 Å². The Labute approximate surface area is 125 Å². The number of carbonyl (C=O) groups is 2. The molecule has 0 saturated heterocycles. The first-order valence-electron chi connectivity index (χ1n) is 7.43. The van der Waals surface area contributed by atoms with Crippen molar-refractivity contribution in [3.8, 4) is 0 Å². The van der Waals surface area contributed by atoms with Crippen molar-refractivity contribution in [2.24, 2.45) is 0 Å². The monoisotopic (exact) mass is 289 g/mol. The zero-order valence-corrected chi connectivity index (χ0v) is 12.4. The molecule has 1 aliphatic rings. The van der Waals surface area contributed by atoms with Crippen molar-refractivity contribution in [2.45, 2.75) is 31.2 Å². The smallest absolute Gasteiger partial charge is 0.246 e. The number of amides is 2. The lowest BCUT2D eigenvalue weighted by Gasteiger charge is -2.27. The van der Waals surface area contributed by atoms with Crippen LogP contribution in [-0.2, 0) is 22.4 Å². The number of unbranched alkanes of at least 4 members (excludes halogenated alkanes) is 1. The van der Waals surface area contributed by atoms with Crippen molar-refractivity contribution >= 4 is 12.3 Å². The second kappa shape index (κ2) is 7.22. The minimum Gasteiger partial charge on any atom is -0.354 e. The Balaban J connectivity index is 1.96. The highest BCUT2D eigenvalue weighted by Gasteiger charge is 2.43. The first-order chi connectivity index (χ1) is 10.2. The van der Waals surface area contributed by atoms with Crippen molar-refractivity contribution in [2.75, 3.05) is 20.1 Å². The molecule has 0 saturated carbocycles. The van der Waals surface area contributed by atoms with Crippen LogP contribution >= 0.6 is 0 Å². The maximum Gasteiger partial charge on any atom is 0.246 e. The van der Waals surface area contributed by atoms with Crippen LogP contribution in [0.25, 0.3) is 0 Å². The van der Waals surface area contributed by atoms with Gasteiger partial charge in [-0.15, -0.1) is 0 Å². The molecular formula is C16H23N3O2. The SMILES string of the molecule is CNCCCCNC(=O)C1(NC=O)Cc2ccccc2C1. The molecule has 0 aliphatic heterocycles. The zero-order chi connectivity index (χ0) is 15.1. The van der Waals surface area contributed by atoms with Crippen LogP contribution in [-0.4, -0.2) is 38.0 Å². The lowest BCUT2D eigenvalue weighted by atomic mass is 9.94. The number of hydrogen-bond donors (Lipinski definition) is 3. The molecule has 0 aromatic heterocycles. The van der Waals surface area contributed by atoms with Crippen molar-refractivity contribution in [3.63, 3.8) is 0 Å². The minimum atomic E-state index is -0.825. The Morgan fingerprint density at radius 2 is 1.81 bits per heavy atom. The molecule has 5 nitrogen and oxygen atoms in total. The van der Waals surface area contributed by atoms with Crippen LogP contribution in [0.4, 0.5) is 0 Å². The van der Waals surface area contributed by atoms with Gasteiger partial charge in [-0.05, 0) is 37.6 Å². The molecule has 2 amide bonds. The Morgan fingerprint density at radius 3 is 2.38 bits per heavy atom. The molecule has 1 aromatic rings. The number of rotatable bonds is 8. The maximum atomic E-state index is 12.5. The second-order valence-corrected chi connectivity index (χ2v) is 5.53. The van der Waals surface area contributed by atoms with E-state index in [-0.39, 0.29) is 5.91 Å². The van der Waals surface area contributed by atoms with Crippen LogP contribution < -0.4 is 16.0 Å². The molecule has 1 aliphatic carbocycles. The predicted molar refractivity (Wildman–Crippen MR) is 82.0 cm³/mol. The Kier molecular flexibility index (Phi) is 5.33. The number of benzene rings is 1. The standard InChI is InChI=1S/C16H23N3O2/c1-17-8-4-5-9-18-15(21)16(19-12-20)10-13-6-2-3-7-14(13)11-16/h2-3,6-7,12,17H,4-5,8-11H2,1H3,(H,18,21)(H,19,20). The first kappa shape index (κ1) is 15.5. The van der Waals surface area contributed by atoms with Crippen LogP contribution in [0.15, 0.2) is 24.3 Å². The second-order valence-electron chi connectivity index (χ2n) is 5.53. The van der Waals surface area contributed by atoms with Gasteiger partial charge in [-0.25, -0.2) is 0 Å². The average molecular weight is 289 g/mol. The molecule has 0 unspecified atom stereocenters. The fourth-order valence-corrected chi connectivity index (χ4v) is 2.85. The van der Waals surface area contributed by atoms with Crippen LogP contribution in [0, 0.1) is 0 Å². The average Bonchev–Trinajstić information content (AvgIpc) is 2.86. The van der Waals surface area contributed by atoms with E-state index in [1.54, 1.807) is 0 Å². The van der Waals surface area contributed by atoms with Crippen LogP contribution in [0.3, 0.4) is 0 Å². The molecule has 5 heteroatoms. The van der Waals surface area contributed by atoms with Gasteiger partial charge in [0.1, 0.15) is 5.54 Å². The van der Waals surface area contributed by atoms with E-state index in [9.17, 15) is 9.59 Å². The lowest BCUT2D eigenvalue weighted by Crippen LogP contribution is -2.57. The van der Waals surface area contributed by atoms with E-state index in [2.05, 4.69) is 16.0 Å². The first-order valence-corrected chi connectivity index (χ1v) is 7.43. The number of hydrogen-bond acceptors (Lipinski definition) is 3. The van der Waals surface area contributed by atoms with Gasteiger partial charge in [-0.2, -0.15) is 0 Å². The molecule has 3 N–H and O–H groups in total. The number of carbonyl (C=O) groups excluding carboxylic acids is 2. The molecule has 0 spiro atoms. The molecule has 0 bridgehead atoms. The molecule has 0 radical (unpaired) electrons. The summed E-state index contributed by atoms with van der Waals surface area (Å²) in [6.45, 7) is 1.58. The van der Waals surface area contributed by atoms with E-state index in [4.69, 9.17) is 0 Å². The van der Waals surface area contributed by atoms with Gasteiger partial charge >= 0.3 is 0 Å². The number of nitrogens with one attached hydrogen (secondary N) is 3. The quantitative estimate of drug-likeness (QED) is 0.479. The highest BCUT2D eigenvalue weighted by atomic mass is 16.2. The topological polar surface area (TPSA) is 70.2 Å². The van der Waals surface area contributed by atoms with E-state index < -0.39 is 5.54 Å². The third-order valence-electron chi connectivity index (χ3n) is 4.01. The Bertz CT molecular complexity index is 477. The van der Waals surface area contributed by atoms with Crippen LogP contribution in [0.1, 0.15) is 24.0 Å². The normalized spacial score (nSPS) is 15.3. The summed E-state index contributed by atoms with van der Waals surface area (Å²) in [5.74, 6) is -0.0877. The molecule has 0 heterocycles. The van der Waals surface area contributed by atoms with Crippen molar-refractivity contribution in [3.05, 3.63) is 35.4 Å². The van der Waals surface area contributed by atoms with E-state index in [0.717, 1.165) is 30.5 Å². The predicted octanol–water partition coefficient (Wildman–Crippen LogP) is 0.386. The molecule has 0 fully saturated rings. The lowest BCUT2D eigenvalue weighted by molar-refractivity contribution is -0.129. The summed E-state index contributed by atoms with van der Waals surface area (Å²) in [6.07, 6.45) is 3.70. The molecule has 21 heavy (non-hydrogen) atoms. The fourth-order valence-electron chi connectivity index (χ4n) is 2.85. The Morgan fingerprint density at radius 1 is 1.19 bits per heavy atom.